The maximum absolute atomic E-state index is 5.61. The van der Waals surface area contributed by atoms with Gasteiger partial charge in [0.25, 0.3) is 0 Å². The van der Waals surface area contributed by atoms with E-state index in [4.69, 9.17) is 4.74 Å². The van der Waals surface area contributed by atoms with Gasteiger partial charge < -0.3 is 15.4 Å². The van der Waals surface area contributed by atoms with Crippen LogP contribution in [0, 0.1) is 0 Å². The number of ether oxygens (including phenoxy) is 1. The molecule has 2 aromatic carbocycles. The molecule has 128 valence electrons. The van der Waals surface area contributed by atoms with Gasteiger partial charge in [-0.3, -0.25) is 0 Å². The summed E-state index contributed by atoms with van der Waals surface area (Å²) in [4.78, 5) is 4.46. The standard InChI is InChI=1S/C19H21N5O/c1-3-14-9-11-15(12-10-14)21-19-23-18(13-20-24-19)22-16-7-5-6-8-17(16)25-4-2/h5-13H,3-4H2,1-2H3,(H2,21,22,23,24). The zero-order valence-corrected chi connectivity index (χ0v) is 14.4. The topological polar surface area (TPSA) is 72.0 Å². The quantitative estimate of drug-likeness (QED) is 0.670. The van der Waals surface area contributed by atoms with Gasteiger partial charge in [0.2, 0.25) is 5.95 Å². The molecule has 0 bridgehead atoms. The van der Waals surface area contributed by atoms with E-state index in [9.17, 15) is 0 Å². The molecule has 1 aromatic heterocycles. The third kappa shape index (κ3) is 4.44. The molecule has 0 atom stereocenters. The van der Waals surface area contributed by atoms with Crippen LogP contribution >= 0.6 is 0 Å². The van der Waals surface area contributed by atoms with Gasteiger partial charge in [-0.05, 0) is 43.2 Å². The Morgan fingerprint density at radius 3 is 2.52 bits per heavy atom. The smallest absolute Gasteiger partial charge is 0.249 e. The van der Waals surface area contributed by atoms with Gasteiger partial charge in [0.05, 0.1) is 18.5 Å². The van der Waals surface area contributed by atoms with E-state index in [1.807, 2.05) is 43.3 Å². The van der Waals surface area contributed by atoms with Crippen molar-refractivity contribution in [3.63, 3.8) is 0 Å². The second kappa shape index (κ2) is 8.10. The van der Waals surface area contributed by atoms with Crippen LogP contribution in [0.1, 0.15) is 19.4 Å². The van der Waals surface area contributed by atoms with Gasteiger partial charge in [0.1, 0.15) is 5.75 Å². The minimum absolute atomic E-state index is 0.433. The number of nitrogens with zero attached hydrogens (tertiary/aromatic N) is 3. The van der Waals surface area contributed by atoms with Crippen molar-refractivity contribution in [2.45, 2.75) is 20.3 Å². The van der Waals surface area contributed by atoms with Crippen LogP contribution in [0.25, 0.3) is 0 Å². The number of hydrogen-bond acceptors (Lipinski definition) is 6. The lowest BCUT2D eigenvalue weighted by molar-refractivity contribution is 0.342. The van der Waals surface area contributed by atoms with Crippen molar-refractivity contribution < 1.29 is 4.74 Å². The molecule has 0 saturated heterocycles. The first-order valence-corrected chi connectivity index (χ1v) is 8.33. The predicted octanol–water partition coefficient (Wildman–Crippen LogP) is 4.32. The molecule has 1 heterocycles. The number of aromatic nitrogens is 3. The molecule has 0 saturated carbocycles. The Labute approximate surface area is 147 Å². The Morgan fingerprint density at radius 2 is 1.76 bits per heavy atom. The number of aryl methyl sites for hydroxylation is 1. The molecule has 0 aliphatic rings. The minimum Gasteiger partial charge on any atom is -0.492 e. The van der Waals surface area contributed by atoms with Crippen molar-refractivity contribution in [2.75, 3.05) is 17.2 Å². The molecule has 0 spiro atoms. The summed E-state index contributed by atoms with van der Waals surface area (Å²) in [5.74, 6) is 1.80. The SMILES string of the molecule is CCOc1ccccc1Nc1cnnc(Nc2ccc(CC)cc2)n1. The van der Waals surface area contributed by atoms with E-state index in [1.54, 1.807) is 6.20 Å². The zero-order chi connectivity index (χ0) is 17.5. The van der Waals surface area contributed by atoms with Crippen molar-refractivity contribution in [3.8, 4) is 5.75 Å². The lowest BCUT2D eigenvalue weighted by atomic mass is 10.1. The molecule has 0 aliphatic carbocycles. The van der Waals surface area contributed by atoms with Crippen LogP contribution in [0.5, 0.6) is 5.75 Å². The van der Waals surface area contributed by atoms with E-state index in [-0.39, 0.29) is 0 Å². The number of hydrogen-bond donors (Lipinski definition) is 2. The first-order valence-electron chi connectivity index (χ1n) is 8.33. The number of nitrogens with one attached hydrogen (secondary N) is 2. The fourth-order valence-corrected chi connectivity index (χ4v) is 2.36. The summed E-state index contributed by atoms with van der Waals surface area (Å²) >= 11 is 0. The normalized spacial score (nSPS) is 10.3. The first kappa shape index (κ1) is 16.7. The molecule has 0 amide bonds. The van der Waals surface area contributed by atoms with Crippen molar-refractivity contribution in [3.05, 3.63) is 60.3 Å². The first-order chi connectivity index (χ1) is 12.3. The van der Waals surface area contributed by atoms with Crippen molar-refractivity contribution >= 4 is 23.1 Å². The van der Waals surface area contributed by atoms with Crippen LogP contribution in [-0.4, -0.2) is 21.8 Å². The molecular weight excluding hydrogens is 314 g/mol. The molecule has 0 unspecified atom stereocenters. The molecular formula is C19H21N5O. The summed E-state index contributed by atoms with van der Waals surface area (Å²) in [7, 11) is 0. The van der Waals surface area contributed by atoms with Crippen molar-refractivity contribution in [2.24, 2.45) is 0 Å². The van der Waals surface area contributed by atoms with Gasteiger partial charge in [0.15, 0.2) is 5.82 Å². The minimum atomic E-state index is 0.433. The molecule has 25 heavy (non-hydrogen) atoms. The largest absolute Gasteiger partial charge is 0.492 e. The summed E-state index contributed by atoms with van der Waals surface area (Å²) in [6.07, 6.45) is 2.59. The van der Waals surface area contributed by atoms with E-state index in [0.29, 0.717) is 18.4 Å². The van der Waals surface area contributed by atoms with Crippen LogP contribution in [0.15, 0.2) is 54.7 Å². The second-order valence-corrected chi connectivity index (χ2v) is 5.39. The summed E-state index contributed by atoms with van der Waals surface area (Å²) in [5.41, 5.74) is 3.04. The van der Waals surface area contributed by atoms with Crippen LogP contribution < -0.4 is 15.4 Å². The van der Waals surface area contributed by atoms with E-state index in [2.05, 4.69) is 44.9 Å². The molecule has 3 rings (SSSR count). The molecule has 0 radical (unpaired) electrons. The van der Waals surface area contributed by atoms with Crippen LogP contribution in [-0.2, 0) is 6.42 Å². The van der Waals surface area contributed by atoms with E-state index >= 15 is 0 Å². The molecule has 6 heteroatoms. The number of rotatable bonds is 7. The molecule has 6 nitrogen and oxygen atoms in total. The lowest BCUT2D eigenvalue weighted by Gasteiger charge is -2.12. The Morgan fingerprint density at radius 1 is 0.960 bits per heavy atom. The average Bonchev–Trinajstić information content (AvgIpc) is 2.65. The monoisotopic (exact) mass is 335 g/mol. The molecule has 0 aliphatic heterocycles. The van der Waals surface area contributed by atoms with Gasteiger partial charge in [-0.15, -0.1) is 5.10 Å². The highest BCUT2D eigenvalue weighted by Gasteiger charge is 2.06. The maximum Gasteiger partial charge on any atom is 0.249 e. The Kier molecular flexibility index (Phi) is 5.41. The highest BCUT2D eigenvalue weighted by Crippen LogP contribution is 2.26. The third-order valence-electron chi connectivity index (χ3n) is 3.63. The average molecular weight is 335 g/mol. The van der Waals surface area contributed by atoms with Gasteiger partial charge in [-0.1, -0.05) is 31.2 Å². The van der Waals surface area contributed by atoms with E-state index in [1.165, 1.54) is 5.56 Å². The van der Waals surface area contributed by atoms with Crippen molar-refractivity contribution in [1.29, 1.82) is 0 Å². The highest BCUT2D eigenvalue weighted by atomic mass is 16.5. The second-order valence-electron chi connectivity index (χ2n) is 5.39. The Balaban J connectivity index is 1.75. The molecule has 2 N–H and O–H groups in total. The zero-order valence-electron chi connectivity index (χ0n) is 14.4. The van der Waals surface area contributed by atoms with Crippen LogP contribution in [0.2, 0.25) is 0 Å². The highest BCUT2D eigenvalue weighted by molar-refractivity contribution is 5.64. The molecule has 3 aromatic rings. The van der Waals surface area contributed by atoms with Gasteiger partial charge in [-0.25, -0.2) is 0 Å². The third-order valence-corrected chi connectivity index (χ3v) is 3.63. The predicted molar refractivity (Wildman–Crippen MR) is 99.8 cm³/mol. The Bertz CT molecular complexity index is 820. The maximum atomic E-state index is 5.61. The van der Waals surface area contributed by atoms with Gasteiger partial charge >= 0.3 is 0 Å². The number of anilines is 4. The lowest BCUT2D eigenvalue weighted by Crippen LogP contribution is -2.03. The summed E-state index contributed by atoms with van der Waals surface area (Å²) in [6, 6.07) is 15.9. The number of benzene rings is 2. The van der Waals surface area contributed by atoms with Gasteiger partial charge in [-0.2, -0.15) is 10.1 Å². The summed E-state index contributed by atoms with van der Waals surface area (Å²) in [6.45, 7) is 4.68. The van der Waals surface area contributed by atoms with Crippen molar-refractivity contribution in [1.82, 2.24) is 15.2 Å². The number of para-hydroxylation sites is 2. The van der Waals surface area contributed by atoms with E-state index in [0.717, 1.165) is 23.5 Å². The van der Waals surface area contributed by atoms with Crippen LogP contribution in [0.3, 0.4) is 0 Å². The summed E-state index contributed by atoms with van der Waals surface area (Å²) in [5, 5.41) is 14.4. The van der Waals surface area contributed by atoms with E-state index < -0.39 is 0 Å². The fraction of sp³-hybridized carbons (Fsp3) is 0.211. The van der Waals surface area contributed by atoms with Gasteiger partial charge in [0, 0.05) is 5.69 Å². The Hall–Kier alpha value is -3.15. The van der Waals surface area contributed by atoms with Crippen LogP contribution in [0.4, 0.5) is 23.1 Å². The fourth-order valence-electron chi connectivity index (χ4n) is 2.36. The molecule has 0 fully saturated rings. The summed E-state index contributed by atoms with van der Waals surface area (Å²) < 4.78 is 5.61.